The molecule has 1 atom stereocenters. The number of halogens is 2. The van der Waals surface area contributed by atoms with E-state index in [1.165, 1.54) is 11.1 Å². The predicted molar refractivity (Wildman–Crippen MR) is 142 cm³/mol. The summed E-state index contributed by atoms with van der Waals surface area (Å²) in [5.41, 5.74) is 4.26. The third-order valence-corrected chi connectivity index (χ3v) is 6.91. The molecule has 3 nitrogen and oxygen atoms in total. The van der Waals surface area contributed by atoms with Crippen molar-refractivity contribution in [2.24, 2.45) is 0 Å². The number of unbranched alkanes of at least 4 members (excludes halogenated alkanes) is 1. The number of aromatic hydroxyl groups is 1. The van der Waals surface area contributed by atoms with Crippen molar-refractivity contribution in [3.05, 3.63) is 56.6 Å². The Morgan fingerprint density at radius 1 is 1.03 bits per heavy atom. The molecular formula is C28H39Cl2NO2. The molecule has 0 spiro atoms. The minimum Gasteiger partial charge on any atom is -0.504 e. The van der Waals surface area contributed by atoms with E-state index in [9.17, 15) is 9.90 Å². The molecule has 0 aliphatic rings. The molecule has 0 fully saturated rings. The molecule has 2 aromatic carbocycles. The van der Waals surface area contributed by atoms with Crippen LogP contribution in [-0.4, -0.2) is 11.0 Å². The summed E-state index contributed by atoms with van der Waals surface area (Å²) in [6, 6.07) is 8.09. The number of benzene rings is 2. The first-order valence-electron chi connectivity index (χ1n) is 11.9. The lowest BCUT2D eigenvalue weighted by molar-refractivity contribution is -0.117. The quantitative estimate of drug-likeness (QED) is 0.380. The van der Waals surface area contributed by atoms with Gasteiger partial charge in [0.1, 0.15) is 0 Å². The highest BCUT2D eigenvalue weighted by Gasteiger charge is 2.30. The normalized spacial score (nSPS) is 13.2. The summed E-state index contributed by atoms with van der Waals surface area (Å²) in [5, 5.41) is 14.2. The maximum absolute atomic E-state index is 13.6. The molecule has 0 aliphatic heterocycles. The molecular weight excluding hydrogens is 453 g/mol. The minimum atomic E-state index is -0.351. The third kappa shape index (κ3) is 6.45. The van der Waals surface area contributed by atoms with Gasteiger partial charge in [0.15, 0.2) is 5.75 Å². The third-order valence-electron chi connectivity index (χ3n) is 6.16. The molecule has 0 aliphatic carbocycles. The Morgan fingerprint density at radius 2 is 1.67 bits per heavy atom. The first kappa shape index (κ1) is 27.5. The Hall–Kier alpha value is -1.71. The smallest absolute Gasteiger partial charge is 0.232 e. The van der Waals surface area contributed by atoms with E-state index in [2.05, 4.69) is 72.0 Å². The summed E-state index contributed by atoms with van der Waals surface area (Å²) >= 11 is 12.7. The number of rotatable bonds is 7. The van der Waals surface area contributed by atoms with E-state index in [0.717, 1.165) is 24.8 Å². The van der Waals surface area contributed by atoms with E-state index in [4.69, 9.17) is 23.2 Å². The van der Waals surface area contributed by atoms with Crippen molar-refractivity contribution in [2.75, 3.05) is 5.32 Å². The molecule has 1 unspecified atom stereocenters. The second kappa shape index (κ2) is 10.7. The van der Waals surface area contributed by atoms with Gasteiger partial charge in [-0.1, -0.05) is 110 Å². The number of nitrogens with one attached hydrogen (secondary N) is 1. The maximum Gasteiger partial charge on any atom is 0.232 e. The topological polar surface area (TPSA) is 49.3 Å². The summed E-state index contributed by atoms with van der Waals surface area (Å²) in [6.45, 7) is 17.2. The molecule has 2 rings (SSSR count). The highest BCUT2D eigenvalue weighted by molar-refractivity contribution is 6.37. The van der Waals surface area contributed by atoms with Gasteiger partial charge < -0.3 is 10.4 Å². The minimum absolute atomic E-state index is 0.0139. The number of amides is 1. The first-order valence-corrected chi connectivity index (χ1v) is 12.6. The van der Waals surface area contributed by atoms with Gasteiger partial charge >= 0.3 is 0 Å². The van der Waals surface area contributed by atoms with Gasteiger partial charge in [0.25, 0.3) is 0 Å². The fourth-order valence-electron chi connectivity index (χ4n) is 4.10. The van der Waals surface area contributed by atoms with Gasteiger partial charge in [-0.25, -0.2) is 0 Å². The number of anilines is 1. The zero-order chi connectivity index (χ0) is 25.1. The van der Waals surface area contributed by atoms with Crippen LogP contribution >= 0.6 is 23.2 Å². The summed E-state index contributed by atoms with van der Waals surface area (Å²) in [5.74, 6) is -0.653. The molecule has 2 aromatic rings. The molecule has 1 amide bonds. The number of carbonyl (C=O) groups is 1. The van der Waals surface area contributed by atoms with Gasteiger partial charge in [-0.05, 0) is 52.0 Å². The van der Waals surface area contributed by atoms with E-state index < -0.39 is 0 Å². The molecule has 0 bridgehead atoms. The second-order valence-corrected chi connectivity index (χ2v) is 11.7. The number of phenolic OH excluding ortho intramolecular Hbond substituents is 1. The zero-order valence-electron chi connectivity index (χ0n) is 21.3. The van der Waals surface area contributed by atoms with Crippen molar-refractivity contribution in [1.29, 1.82) is 0 Å². The molecule has 2 N–H and O–H groups in total. The van der Waals surface area contributed by atoms with Crippen LogP contribution in [0.5, 0.6) is 5.75 Å². The number of carbonyl (C=O) groups excluding carboxylic acids is 1. The van der Waals surface area contributed by atoms with Crippen molar-refractivity contribution in [1.82, 2.24) is 0 Å². The van der Waals surface area contributed by atoms with Crippen LogP contribution in [0.1, 0.15) is 103 Å². The van der Waals surface area contributed by atoms with Gasteiger partial charge in [0, 0.05) is 5.02 Å². The Labute approximate surface area is 209 Å². The van der Waals surface area contributed by atoms with Crippen LogP contribution in [-0.2, 0) is 22.0 Å². The van der Waals surface area contributed by atoms with Crippen LogP contribution in [0.2, 0.25) is 10.0 Å². The van der Waals surface area contributed by atoms with E-state index in [1.807, 2.05) is 6.92 Å². The highest BCUT2D eigenvalue weighted by Crippen LogP contribution is 2.41. The molecule has 182 valence electrons. The van der Waals surface area contributed by atoms with Crippen molar-refractivity contribution < 1.29 is 9.90 Å². The Morgan fingerprint density at radius 3 is 2.18 bits per heavy atom. The highest BCUT2D eigenvalue weighted by atomic mass is 35.5. The number of hydrogen-bond donors (Lipinski definition) is 2. The fraction of sp³-hybridized carbons (Fsp3) is 0.536. The van der Waals surface area contributed by atoms with Gasteiger partial charge in [-0.3, -0.25) is 4.79 Å². The first-order chi connectivity index (χ1) is 15.2. The molecule has 0 radical (unpaired) electrons. The molecule has 33 heavy (non-hydrogen) atoms. The molecule has 0 heterocycles. The van der Waals surface area contributed by atoms with E-state index in [-0.39, 0.29) is 39.1 Å². The van der Waals surface area contributed by atoms with Crippen LogP contribution in [0.3, 0.4) is 0 Å². The average molecular weight is 493 g/mol. The van der Waals surface area contributed by atoms with E-state index in [0.29, 0.717) is 17.0 Å². The number of phenols is 1. The monoisotopic (exact) mass is 491 g/mol. The molecule has 0 saturated heterocycles. The summed E-state index contributed by atoms with van der Waals surface area (Å²) in [4.78, 5) is 13.6. The van der Waals surface area contributed by atoms with Crippen molar-refractivity contribution >= 4 is 34.8 Å². The standard InChI is InChI=1S/C28H39Cl2NO2/c1-9-11-12-20(19-14-13-17(27(3,4)5)15-21(19)28(6,7)8)26(33)31-23-16-22(29)18(10-2)24(30)25(23)32/h13-16,20,32H,9-12H2,1-8H3,(H,31,33). The predicted octanol–water partition coefficient (Wildman–Crippen LogP) is 8.77. The SMILES string of the molecule is CCCCC(C(=O)Nc1cc(Cl)c(CC)c(Cl)c1O)c1ccc(C(C)(C)C)cc1C(C)(C)C. The van der Waals surface area contributed by atoms with Crippen molar-refractivity contribution in [3.8, 4) is 5.75 Å². The van der Waals surface area contributed by atoms with Gasteiger partial charge in [-0.2, -0.15) is 0 Å². The van der Waals surface area contributed by atoms with E-state index in [1.54, 1.807) is 6.07 Å². The molecule has 5 heteroatoms. The lowest BCUT2D eigenvalue weighted by atomic mass is 9.75. The lowest BCUT2D eigenvalue weighted by Gasteiger charge is -2.30. The van der Waals surface area contributed by atoms with Crippen LogP contribution < -0.4 is 5.32 Å². The van der Waals surface area contributed by atoms with Crippen LogP contribution in [0.25, 0.3) is 0 Å². The van der Waals surface area contributed by atoms with Gasteiger partial charge in [-0.15, -0.1) is 0 Å². The summed E-state index contributed by atoms with van der Waals surface area (Å²) in [7, 11) is 0. The largest absolute Gasteiger partial charge is 0.504 e. The molecule has 0 saturated carbocycles. The lowest BCUT2D eigenvalue weighted by Crippen LogP contribution is -2.26. The van der Waals surface area contributed by atoms with Crippen LogP contribution in [0, 0.1) is 0 Å². The Balaban J connectivity index is 2.56. The zero-order valence-corrected chi connectivity index (χ0v) is 22.8. The van der Waals surface area contributed by atoms with Crippen LogP contribution in [0.15, 0.2) is 24.3 Å². The maximum atomic E-state index is 13.6. The second-order valence-electron chi connectivity index (χ2n) is 10.9. The average Bonchev–Trinajstić information content (AvgIpc) is 2.71. The Bertz CT molecular complexity index is 1000. The van der Waals surface area contributed by atoms with Gasteiger partial charge in [0.2, 0.25) is 5.91 Å². The summed E-state index contributed by atoms with van der Waals surface area (Å²) in [6.07, 6.45) is 3.22. The summed E-state index contributed by atoms with van der Waals surface area (Å²) < 4.78 is 0. The Kier molecular flexibility index (Phi) is 8.92. The van der Waals surface area contributed by atoms with E-state index >= 15 is 0 Å². The van der Waals surface area contributed by atoms with Gasteiger partial charge in [0.05, 0.1) is 16.6 Å². The van der Waals surface area contributed by atoms with Crippen molar-refractivity contribution in [2.45, 2.75) is 97.8 Å². The van der Waals surface area contributed by atoms with Crippen LogP contribution in [0.4, 0.5) is 5.69 Å². The van der Waals surface area contributed by atoms with Crippen molar-refractivity contribution in [3.63, 3.8) is 0 Å². The fourth-order valence-corrected chi connectivity index (χ4v) is 4.82. The number of hydrogen-bond acceptors (Lipinski definition) is 2. The molecule has 0 aromatic heterocycles.